The van der Waals surface area contributed by atoms with Gasteiger partial charge in [-0.05, 0) is 38.1 Å². The number of carboxylic acid groups (broad SMARTS) is 1. The Bertz CT molecular complexity index is 1230. The number of anilines is 2. The number of carbonyl (C=O) groups excluding carboxylic acids is 1. The molecule has 0 saturated carbocycles. The molecule has 4 rings (SSSR count). The van der Waals surface area contributed by atoms with Gasteiger partial charge in [0.1, 0.15) is 5.75 Å². The molecule has 1 aromatic heterocycles. The lowest BCUT2D eigenvalue weighted by atomic mass is 10.1. The Balaban J connectivity index is 1.53. The number of hydrogen-bond donors (Lipinski definition) is 2. The number of hydrazone groups is 2. The number of aromatic carboxylic acids is 1. The highest BCUT2D eigenvalue weighted by Gasteiger charge is 2.32. The predicted octanol–water partition coefficient (Wildman–Crippen LogP) is 4.10. The van der Waals surface area contributed by atoms with Crippen LogP contribution in [-0.2, 0) is 4.79 Å². The Labute approximate surface area is 187 Å². The molecule has 1 amide bonds. The van der Waals surface area contributed by atoms with Gasteiger partial charge in [-0.3, -0.25) is 10.2 Å². The molecule has 9 nitrogen and oxygen atoms in total. The third kappa shape index (κ3) is 4.21. The van der Waals surface area contributed by atoms with Crippen molar-refractivity contribution < 1.29 is 19.4 Å². The predicted molar refractivity (Wildman–Crippen MR) is 124 cm³/mol. The number of benzene rings is 2. The lowest BCUT2D eigenvalue weighted by Gasteiger charge is -2.09. The average molecular weight is 449 g/mol. The number of carboxylic acids is 1. The van der Waals surface area contributed by atoms with E-state index >= 15 is 0 Å². The molecule has 162 valence electrons. The van der Waals surface area contributed by atoms with E-state index < -0.39 is 11.9 Å². The van der Waals surface area contributed by atoms with Gasteiger partial charge in [-0.25, -0.2) is 9.78 Å². The summed E-state index contributed by atoms with van der Waals surface area (Å²) in [5.41, 5.74) is 5.72. The maximum absolute atomic E-state index is 12.9. The molecule has 2 aromatic carbocycles. The highest BCUT2D eigenvalue weighted by Crippen LogP contribution is 2.30. The highest BCUT2D eigenvalue weighted by molar-refractivity contribution is 7.14. The second kappa shape index (κ2) is 8.98. The fourth-order valence-electron chi connectivity index (χ4n) is 2.99. The maximum atomic E-state index is 12.9. The Morgan fingerprint density at radius 2 is 1.97 bits per heavy atom. The molecule has 0 bridgehead atoms. The third-order valence-electron chi connectivity index (χ3n) is 4.56. The van der Waals surface area contributed by atoms with Gasteiger partial charge >= 0.3 is 11.9 Å². The largest absolute Gasteiger partial charge is 0.492 e. The first-order chi connectivity index (χ1) is 15.5. The molecule has 0 unspecified atom stereocenters. The molecule has 3 aromatic rings. The maximum Gasteiger partial charge on any atom is 0.335 e. The Morgan fingerprint density at radius 3 is 2.69 bits per heavy atom. The van der Waals surface area contributed by atoms with Crippen molar-refractivity contribution in [3.8, 4) is 17.0 Å². The van der Waals surface area contributed by atoms with Crippen molar-refractivity contribution in [2.24, 2.45) is 10.2 Å². The molecule has 0 radical (unpaired) electrons. The molecule has 0 atom stereocenters. The van der Waals surface area contributed by atoms with Gasteiger partial charge in [-0.1, -0.05) is 24.3 Å². The lowest BCUT2D eigenvalue weighted by Crippen LogP contribution is -2.27. The molecule has 32 heavy (non-hydrogen) atoms. The average Bonchev–Trinajstić information content (AvgIpc) is 3.38. The van der Waals surface area contributed by atoms with Crippen molar-refractivity contribution in [1.82, 2.24) is 4.98 Å². The van der Waals surface area contributed by atoms with Crippen LogP contribution in [0.25, 0.3) is 11.3 Å². The number of nitrogens with zero attached hydrogens (tertiary/aromatic N) is 4. The van der Waals surface area contributed by atoms with Crippen LogP contribution < -0.4 is 15.2 Å². The van der Waals surface area contributed by atoms with E-state index in [9.17, 15) is 9.59 Å². The van der Waals surface area contributed by atoms with E-state index in [-0.39, 0.29) is 11.3 Å². The number of nitrogens with one attached hydrogen (secondary N) is 1. The second-order valence-corrected chi connectivity index (χ2v) is 7.54. The van der Waals surface area contributed by atoms with Crippen LogP contribution >= 0.6 is 11.3 Å². The standard InChI is InChI=1S/C22H19N5O4S/c1-3-31-18-7-5-4-6-16(18)24-25-19-13(2)26-27(20(19)28)22-23-17(12-32-22)14-8-10-15(11-9-14)21(29)30/h4-12,24H,3H2,1-2H3,(H,29,30)/b25-19+. The van der Waals surface area contributed by atoms with Crippen molar-refractivity contribution in [3.05, 3.63) is 59.5 Å². The molecule has 10 heteroatoms. The van der Waals surface area contributed by atoms with Gasteiger partial charge in [0.25, 0.3) is 0 Å². The fourth-order valence-corrected chi connectivity index (χ4v) is 3.77. The van der Waals surface area contributed by atoms with Crippen LogP contribution in [0.4, 0.5) is 10.8 Å². The van der Waals surface area contributed by atoms with Crippen molar-refractivity contribution >= 4 is 45.5 Å². The normalized spacial score (nSPS) is 14.6. The quantitative estimate of drug-likeness (QED) is 0.525. The zero-order valence-electron chi connectivity index (χ0n) is 17.3. The first kappa shape index (κ1) is 21.2. The summed E-state index contributed by atoms with van der Waals surface area (Å²) in [4.78, 5) is 28.4. The number of amides is 1. The van der Waals surface area contributed by atoms with Crippen LogP contribution in [0.15, 0.2) is 64.1 Å². The van der Waals surface area contributed by atoms with E-state index in [4.69, 9.17) is 9.84 Å². The van der Waals surface area contributed by atoms with Crippen LogP contribution in [0.2, 0.25) is 0 Å². The molecule has 0 fully saturated rings. The van der Waals surface area contributed by atoms with Gasteiger partial charge in [0.2, 0.25) is 5.13 Å². The first-order valence-electron chi connectivity index (χ1n) is 9.72. The minimum Gasteiger partial charge on any atom is -0.492 e. The minimum atomic E-state index is -0.993. The monoisotopic (exact) mass is 449 g/mol. The molecule has 1 aliphatic rings. The van der Waals surface area contributed by atoms with Gasteiger partial charge in [0.05, 0.1) is 29.3 Å². The van der Waals surface area contributed by atoms with Crippen molar-refractivity contribution in [3.63, 3.8) is 0 Å². The SMILES string of the molecule is CCOc1ccccc1N/N=C1/C(=O)N(c2nc(-c3ccc(C(=O)O)cc3)cs2)N=C1C. The van der Waals surface area contributed by atoms with Gasteiger partial charge in [-0.15, -0.1) is 11.3 Å². The molecule has 0 saturated heterocycles. The summed E-state index contributed by atoms with van der Waals surface area (Å²) in [5.74, 6) is -0.756. The number of carbonyl (C=O) groups is 2. The van der Waals surface area contributed by atoms with Crippen LogP contribution in [0.3, 0.4) is 0 Å². The van der Waals surface area contributed by atoms with E-state index in [0.717, 1.165) is 5.56 Å². The van der Waals surface area contributed by atoms with E-state index in [1.165, 1.54) is 28.5 Å². The molecule has 0 spiro atoms. The lowest BCUT2D eigenvalue weighted by molar-refractivity contribution is -0.112. The van der Waals surface area contributed by atoms with E-state index in [2.05, 4.69) is 20.6 Å². The van der Waals surface area contributed by atoms with Crippen molar-refractivity contribution in [2.75, 3.05) is 17.0 Å². The minimum absolute atomic E-state index is 0.180. The first-order valence-corrected chi connectivity index (χ1v) is 10.6. The number of thiazole rings is 1. The summed E-state index contributed by atoms with van der Waals surface area (Å²) in [6.45, 7) is 4.10. The molecule has 2 heterocycles. The highest BCUT2D eigenvalue weighted by atomic mass is 32.1. The summed E-state index contributed by atoms with van der Waals surface area (Å²) in [5, 5.41) is 21.0. The number of rotatable bonds is 7. The molecule has 1 aliphatic heterocycles. The smallest absolute Gasteiger partial charge is 0.335 e. The summed E-state index contributed by atoms with van der Waals surface area (Å²) in [6.07, 6.45) is 0. The summed E-state index contributed by atoms with van der Waals surface area (Å²) >= 11 is 1.26. The van der Waals surface area contributed by atoms with Crippen molar-refractivity contribution in [1.29, 1.82) is 0 Å². The zero-order valence-corrected chi connectivity index (χ0v) is 18.1. The van der Waals surface area contributed by atoms with Gasteiger partial charge in [0.15, 0.2) is 5.71 Å². The van der Waals surface area contributed by atoms with Crippen LogP contribution in [0.1, 0.15) is 24.2 Å². The van der Waals surface area contributed by atoms with E-state index in [0.29, 0.717) is 34.6 Å². The molecular weight excluding hydrogens is 430 g/mol. The number of aromatic nitrogens is 1. The summed E-state index contributed by atoms with van der Waals surface area (Å²) in [6, 6.07) is 13.7. The molecular formula is C22H19N5O4S. The van der Waals surface area contributed by atoms with Crippen molar-refractivity contribution in [2.45, 2.75) is 13.8 Å². The zero-order chi connectivity index (χ0) is 22.7. The van der Waals surface area contributed by atoms with E-state index in [1.54, 1.807) is 24.4 Å². The second-order valence-electron chi connectivity index (χ2n) is 6.70. The van der Waals surface area contributed by atoms with Crippen LogP contribution in [0, 0.1) is 0 Å². The van der Waals surface area contributed by atoms with Gasteiger partial charge in [-0.2, -0.15) is 15.2 Å². The Hall–Kier alpha value is -4.05. The topological polar surface area (TPSA) is 116 Å². The third-order valence-corrected chi connectivity index (χ3v) is 5.38. The van der Waals surface area contributed by atoms with E-state index in [1.807, 2.05) is 31.2 Å². The van der Waals surface area contributed by atoms with Gasteiger partial charge < -0.3 is 9.84 Å². The van der Waals surface area contributed by atoms with Crippen LogP contribution in [-0.4, -0.2) is 40.0 Å². The van der Waals surface area contributed by atoms with Gasteiger partial charge in [0, 0.05) is 10.9 Å². The fraction of sp³-hybridized carbons (Fsp3) is 0.136. The Morgan fingerprint density at radius 1 is 1.22 bits per heavy atom. The summed E-state index contributed by atoms with van der Waals surface area (Å²) < 4.78 is 5.56. The number of hydrogen-bond acceptors (Lipinski definition) is 8. The number of para-hydroxylation sites is 2. The summed E-state index contributed by atoms with van der Waals surface area (Å²) in [7, 11) is 0. The molecule has 2 N–H and O–H groups in total. The molecule has 0 aliphatic carbocycles. The van der Waals surface area contributed by atoms with Crippen LogP contribution in [0.5, 0.6) is 5.75 Å². The Kier molecular flexibility index (Phi) is 5.95. The number of ether oxygens (including phenoxy) is 1.